The number of hydrogen-bond donors (Lipinski definition) is 2. The SMILES string of the molecule is CCC[CH2][Sn]([CH2]CCC)([CH2]CCC)[c]1[nH]nc2c(CO)cccc12. The number of unbranched alkanes of at least 4 members (excludes halogenated alkanes) is 3. The maximum atomic E-state index is 9.64. The molecule has 24 heavy (non-hydrogen) atoms. The fraction of sp³-hybridized carbons (Fsp3) is 0.650. The second-order valence-corrected chi connectivity index (χ2v) is 20.2. The first-order chi connectivity index (χ1) is 11.7. The van der Waals surface area contributed by atoms with Crippen LogP contribution in [0.25, 0.3) is 10.9 Å². The molecule has 0 saturated heterocycles. The average Bonchev–Trinajstić information content (AvgIpc) is 3.06. The summed E-state index contributed by atoms with van der Waals surface area (Å²) in [7, 11) is 0. The van der Waals surface area contributed by atoms with Crippen molar-refractivity contribution in [1.29, 1.82) is 0 Å². The van der Waals surface area contributed by atoms with E-state index in [0.29, 0.717) is 0 Å². The molecule has 1 aromatic carbocycles. The van der Waals surface area contributed by atoms with E-state index in [-0.39, 0.29) is 6.61 Å². The number of nitrogens with zero attached hydrogens (tertiary/aromatic N) is 1. The van der Waals surface area contributed by atoms with Gasteiger partial charge in [0.2, 0.25) is 0 Å². The van der Waals surface area contributed by atoms with E-state index in [1.807, 2.05) is 6.07 Å². The van der Waals surface area contributed by atoms with Gasteiger partial charge in [0.1, 0.15) is 0 Å². The minimum absolute atomic E-state index is 0.0725. The van der Waals surface area contributed by atoms with E-state index in [9.17, 15) is 5.11 Å². The van der Waals surface area contributed by atoms with E-state index in [0.717, 1.165) is 11.1 Å². The Hall–Kier alpha value is -0.551. The van der Waals surface area contributed by atoms with Crippen molar-refractivity contribution in [2.45, 2.75) is 79.2 Å². The Morgan fingerprint density at radius 3 is 2.04 bits per heavy atom. The molecular weight excluding hydrogens is 403 g/mol. The number of aliphatic hydroxyl groups is 1. The van der Waals surface area contributed by atoms with Crippen LogP contribution in [-0.2, 0) is 6.61 Å². The van der Waals surface area contributed by atoms with Gasteiger partial charge >= 0.3 is 151 Å². The number of aromatic nitrogens is 2. The monoisotopic (exact) mass is 438 g/mol. The molecule has 1 heterocycles. The quantitative estimate of drug-likeness (QED) is 0.480. The first-order valence-corrected chi connectivity index (χ1v) is 17.3. The van der Waals surface area contributed by atoms with Crippen LogP contribution in [0.1, 0.15) is 64.9 Å². The third-order valence-electron chi connectivity index (χ3n) is 5.40. The van der Waals surface area contributed by atoms with Crippen LogP contribution in [0.5, 0.6) is 0 Å². The van der Waals surface area contributed by atoms with E-state index >= 15 is 0 Å². The summed E-state index contributed by atoms with van der Waals surface area (Å²) in [5, 5.41) is 19.1. The number of hydrogen-bond acceptors (Lipinski definition) is 2. The van der Waals surface area contributed by atoms with Crippen molar-refractivity contribution in [3.05, 3.63) is 23.8 Å². The summed E-state index contributed by atoms with van der Waals surface area (Å²) >= 11 is -2.49. The Labute approximate surface area is 151 Å². The van der Waals surface area contributed by atoms with Crippen molar-refractivity contribution < 1.29 is 5.11 Å². The van der Waals surface area contributed by atoms with Gasteiger partial charge in [-0.25, -0.2) is 0 Å². The van der Waals surface area contributed by atoms with Gasteiger partial charge in [-0.1, -0.05) is 0 Å². The van der Waals surface area contributed by atoms with Crippen LogP contribution in [-0.4, -0.2) is 33.7 Å². The van der Waals surface area contributed by atoms with Gasteiger partial charge in [-0.15, -0.1) is 0 Å². The van der Waals surface area contributed by atoms with Crippen molar-refractivity contribution in [2.75, 3.05) is 0 Å². The summed E-state index contributed by atoms with van der Waals surface area (Å²) in [5.41, 5.74) is 1.96. The van der Waals surface area contributed by atoms with E-state index in [4.69, 9.17) is 0 Å². The molecule has 2 aromatic rings. The van der Waals surface area contributed by atoms with Crippen LogP contribution in [0, 0.1) is 0 Å². The Bertz CT molecular complexity index is 601. The molecule has 2 N–H and O–H groups in total. The van der Waals surface area contributed by atoms with Crippen molar-refractivity contribution in [3.8, 4) is 0 Å². The molecule has 0 aliphatic heterocycles. The molecule has 134 valence electrons. The molecule has 2 rings (SSSR count). The number of rotatable bonds is 11. The van der Waals surface area contributed by atoms with E-state index in [2.05, 4.69) is 43.1 Å². The molecule has 0 aliphatic rings. The molecule has 1 aromatic heterocycles. The van der Waals surface area contributed by atoms with Gasteiger partial charge in [0, 0.05) is 0 Å². The first-order valence-electron chi connectivity index (χ1n) is 9.79. The number of nitrogens with one attached hydrogen (secondary N) is 1. The number of aliphatic hydroxyl groups excluding tert-OH is 1. The summed E-state index contributed by atoms with van der Waals surface area (Å²) in [6, 6.07) is 6.31. The molecule has 0 radical (unpaired) electrons. The molecule has 0 aliphatic carbocycles. The van der Waals surface area contributed by atoms with Gasteiger partial charge in [-0.05, 0) is 0 Å². The Balaban J connectivity index is 2.51. The molecule has 0 bridgehead atoms. The molecular formula is C20H34N2OSn. The zero-order chi connectivity index (χ0) is 17.4. The number of fused-ring (bicyclic) bond motifs is 1. The number of benzene rings is 1. The van der Waals surface area contributed by atoms with Gasteiger partial charge in [0.15, 0.2) is 0 Å². The van der Waals surface area contributed by atoms with Gasteiger partial charge in [-0.2, -0.15) is 0 Å². The molecule has 0 atom stereocenters. The fourth-order valence-corrected chi connectivity index (χ4v) is 20.1. The van der Waals surface area contributed by atoms with Crippen LogP contribution in [0.4, 0.5) is 0 Å². The Kier molecular flexibility index (Phi) is 8.08. The normalized spacial score (nSPS) is 12.2. The zero-order valence-corrected chi connectivity index (χ0v) is 18.6. The average molecular weight is 437 g/mol. The van der Waals surface area contributed by atoms with Crippen LogP contribution in [0.2, 0.25) is 13.3 Å². The fourth-order valence-electron chi connectivity index (χ4n) is 3.92. The van der Waals surface area contributed by atoms with Gasteiger partial charge < -0.3 is 0 Å². The molecule has 0 amide bonds. The summed E-state index contributed by atoms with van der Waals surface area (Å²) in [6.45, 7) is 7.00. The van der Waals surface area contributed by atoms with Gasteiger partial charge in [0.25, 0.3) is 0 Å². The minimum atomic E-state index is -2.49. The first kappa shape index (κ1) is 19.8. The topological polar surface area (TPSA) is 48.9 Å². The predicted molar refractivity (Wildman–Crippen MR) is 107 cm³/mol. The molecule has 0 spiro atoms. The Morgan fingerprint density at radius 1 is 0.958 bits per heavy atom. The molecule has 0 unspecified atom stereocenters. The predicted octanol–water partition coefficient (Wildman–Crippen LogP) is 5.11. The van der Waals surface area contributed by atoms with Crippen LogP contribution in [0.3, 0.4) is 0 Å². The summed E-state index contributed by atoms with van der Waals surface area (Å²) in [4.78, 5) is 0. The molecule has 0 fully saturated rings. The molecule has 4 heteroatoms. The third-order valence-corrected chi connectivity index (χ3v) is 20.7. The van der Waals surface area contributed by atoms with E-state index in [1.54, 1.807) is 0 Å². The van der Waals surface area contributed by atoms with Crippen molar-refractivity contribution >= 4 is 33.0 Å². The molecule has 3 nitrogen and oxygen atoms in total. The van der Waals surface area contributed by atoms with Gasteiger partial charge in [0.05, 0.1) is 0 Å². The van der Waals surface area contributed by atoms with Crippen LogP contribution in [0.15, 0.2) is 18.2 Å². The van der Waals surface area contributed by atoms with Gasteiger partial charge in [-0.3, -0.25) is 0 Å². The number of H-pyrrole nitrogens is 1. The number of para-hydroxylation sites is 1. The maximum absolute atomic E-state index is 9.64. The second-order valence-electron chi connectivity index (χ2n) is 7.16. The molecule has 0 saturated carbocycles. The second kappa shape index (κ2) is 9.81. The third kappa shape index (κ3) is 4.34. The van der Waals surface area contributed by atoms with E-state index < -0.39 is 18.4 Å². The Morgan fingerprint density at radius 2 is 1.54 bits per heavy atom. The zero-order valence-electron chi connectivity index (χ0n) is 15.7. The summed E-state index contributed by atoms with van der Waals surface area (Å²) in [5.74, 6) is 0. The van der Waals surface area contributed by atoms with Crippen molar-refractivity contribution in [2.24, 2.45) is 0 Å². The standard InChI is InChI=1S/C8H7N2O.3C4H9.Sn/c11-5-7-3-1-2-6-4-9-10-8(6)7;3*1-3-4-2;/h1-3,11H,5H2,(H,9,10);3*1,3-4H2,2H3;. The van der Waals surface area contributed by atoms with Crippen LogP contribution >= 0.6 is 0 Å². The summed E-state index contributed by atoms with van der Waals surface area (Å²) in [6.07, 6.45) is 7.90. The van der Waals surface area contributed by atoms with E-state index in [1.165, 1.54) is 60.9 Å². The van der Waals surface area contributed by atoms with Crippen LogP contribution < -0.4 is 3.71 Å². The summed E-state index contributed by atoms with van der Waals surface area (Å²) < 4.78 is 5.83. The number of aromatic amines is 1. The van der Waals surface area contributed by atoms with Crippen molar-refractivity contribution in [3.63, 3.8) is 0 Å². The van der Waals surface area contributed by atoms with Crippen molar-refractivity contribution in [1.82, 2.24) is 10.2 Å².